The molecule has 1 saturated carbocycles. The van der Waals surface area contributed by atoms with Crippen LogP contribution >= 0.6 is 0 Å². The Balaban J connectivity index is 1.98. The minimum atomic E-state index is -3.83. The lowest BCUT2D eigenvalue weighted by atomic mass is 10.0. The highest BCUT2D eigenvalue weighted by molar-refractivity contribution is 7.89. The second-order valence-corrected chi connectivity index (χ2v) is 10.7. The van der Waals surface area contributed by atoms with E-state index in [1.807, 2.05) is 6.92 Å². The second kappa shape index (κ2) is 10.3. The van der Waals surface area contributed by atoms with Gasteiger partial charge in [0.2, 0.25) is 10.0 Å². The van der Waals surface area contributed by atoms with Gasteiger partial charge in [-0.3, -0.25) is 0 Å². The van der Waals surface area contributed by atoms with Crippen molar-refractivity contribution in [2.45, 2.75) is 43.7 Å². The van der Waals surface area contributed by atoms with Gasteiger partial charge in [0.15, 0.2) is 0 Å². The fraction of sp³-hybridized carbons (Fsp3) is 0.652. The second-order valence-electron chi connectivity index (χ2n) is 8.80. The van der Waals surface area contributed by atoms with Gasteiger partial charge in [-0.25, -0.2) is 8.42 Å². The van der Waals surface area contributed by atoms with Crippen molar-refractivity contribution < 1.29 is 23.0 Å². The molecule has 1 aromatic carbocycles. The molecule has 1 aromatic rings. The van der Waals surface area contributed by atoms with Gasteiger partial charge >= 0.3 is 0 Å². The number of benzene rings is 1. The summed E-state index contributed by atoms with van der Waals surface area (Å²) >= 11 is 0. The molecular weight excluding hydrogens is 416 g/mol. The molecule has 2 aliphatic rings. The van der Waals surface area contributed by atoms with E-state index in [-0.39, 0.29) is 23.5 Å². The summed E-state index contributed by atoms with van der Waals surface area (Å²) in [5.41, 5.74) is 0.672. The molecule has 0 saturated heterocycles. The van der Waals surface area contributed by atoms with Gasteiger partial charge in [0.1, 0.15) is 23.4 Å². The molecule has 7 nitrogen and oxygen atoms in total. The molecule has 1 aliphatic carbocycles. The number of aliphatic hydroxyl groups is 1. The highest BCUT2D eigenvalue weighted by Crippen LogP contribution is 2.35. The number of hydrogen-bond acceptors (Lipinski definition) is 6. The van der Waals surface area contributed by atoms with Crippen LogP contribution in [-0.4, -0.2) is 81.9 Å². The standard InChI is InChI=1S/C23H34N2O5S/c1-17-13-25(18(2)16-26)31(27,28)23-10-9-19(6-5-11-29-4)12-21(23)30-22(17)15-24(3)14-20-7-8-20/h9-10,12,17-18,20,22,26H,7-8,11,13-16H2,1-4H3/t17-,18-,22-/m0/s1. The molecule has 1 aliphatic heterocycles. The Bertz CT molecular complexity index is 920. The number of methoxy groups -OCH3 is 1. The number of nitrogens with zero attached hydrogens (tertiary/aromatic N) is 2. The zero-order valence-electron chi connectivity index (χ0n) is 18.9. The van der Waals surface area contributed by atoms with Crippen LogP contribution in [-0.2, 0) is 14.8 Å². The van der Waals surface area contributed by atoms with E-state index in [0.717, 1.165) is 12.5 Å². The number of likely N-dealkylation sites (N-methyl/N-ethyl adjacent to an activating group) is 1. The van der Waals surface area contributed by atoms with Gasteiger partial charge in [0.05, 0.1) is 6.61 Å². The Hall–Kier alpha value is -1.63. The van der Waals surface area contributed by atoms with E-state index in [4.69, 9.17) is 9.47 Å². The van der Waals surface area contributed by atoms with Gasteiger partial charge in [-0.2, -0.15) is 4.31 Å². The molecule has 0 bridgehead atoms. The lowest BCUT2D eigenvalue weighted by Gasteiger charge is -2.37. The normalized spacial score (nSPS) is 24.3. The van der Waals surface area contributed by atoms with Gasteiger partial charge in [0.25, 0.3) is 0 Å². The van der Waals surface area contributed by atoms with Crippen molar-refractivity contribution in [3.8, 4) is 17.6 Å². The van der Waals surface area contributed by atoms with Crippen molar-refractivity contribution in [1.82, 2.24) is 9.21 Å². The highest BCUT2D eigenvalue weighted by atomic mass is 32.2. The number of rotatable bonds is 7. The molecule has 3 atom stereocenters. The van der Waals surface area contributed by atoms with Crippen LogP contribution < -0.4 is 4.74 Å². The van der Waals surface area contributed by atoms with Gasteiger partial charge in [0, 0.05) is 44.3 Å². The molecule has 0 spiro atoms. The van der Waals surface area contributed by atoms with Gasteiger partial charge < -0.3 is 19.5 Å². The highest BCUT2D eigenvalue weighted by Gasteiger charge is 2.38. The molecule has 1 heterocycles. The van der Waals surface area contributed by atoms with E-state index in [1.165, 1.54) is 17.1 Å². The summed E-state index contributed by atoms with van der Waals surface area (Å²) in [6.45, 7) is 5.81. The number of ether oxygens (including phenoxy) is 2. The molecule has 3 rings (SSSR count). The lowest BCUT2D eigenvalue weighted by Crippen LogP contribution is -2.49. The molecule has 0 radical (unpaired) electrons. The minimum absolute atomic E-state index is 0.0539. The first-order chi connectivity index (χ1) is 14.8. The van der Waals surface area contributed by atoms with Crippen molar-refractivity contribution in [3.05, 3.63) is 23.8 Å². The van der Waals surface area contributed by atoms with Gasteiger partial charge in [-0.1, -0.05) is 18.8 Å². The summed E-state index contributed by atoms with van der Waals surface area (Å²) in [5.74, 6) is 6.91. The first-order valence-electron chi connectivity index (χ1n) is 10.9. The number of fused-ring (bicyclic) bond motifs is 1. The first kappa shape index (κ1) is 24.0. The lowest BCUT2D eigenvalue weighted by molar-refractivity contribution is 0.0740. The van der Waals surface area contributed by atoms with E-state index < -0.39 is 16.1 Å². The van der Waals surface area contributed by atoms with Crippen molar-refractivity contribution >= 4 is 10.0 Å². The summed E-state index contributed by atoms with van der Waals surface area (Å²) in [6, 6.07) is 4.41. The van der Waals surface area contributed by atoms with Crippen LogP contribution in [0.5, 0.6) is 5.75 Å². The van der Waals surface area contributed by atoms with Crippen LogP contribution in [0.4, 0.5) is 0 Å². The maximum Gasteiger partial charge on any atom is 0.247 e. The number of hydrogen-bond donors (Lipinski definition) is 1. The van der Waals surface area contributed by atoms with Crippen molar-refractivity contribution in [2.24, 2.45) is 11.8 Å². The predicted molar refractivity (Wildman–Crippen MR) is 119 cm³/mol. The summed E-state index contributed by atoms with van der Waals surface area (Å²) < 4.78 is 39.6. The van der Waals surface area contributed by atoms with E-state index in [0.29, 0.717) is 31.0 Å². The quantitative estimate of drug-likeness (QED) is 0.638. The maximum absolute atomic E-state index is 13.4. The Morgan fingerprint density at radius 1 is 1.35 bits per heavy atom. The third-order valence-corrected chi connectivity index (χ3v) is 7.89. The summed E-state index contributed by atoms with van der Waals surface area (Å²) in [4.78, 5) is 2.39. The monoisotopic (exact) mass is 450 g/mol. The predicted octanol–water partition coefficient (Wildman–Crippen LogP) is 1.79. The van der Waals surface area contributed by atoms with Gasteiger partial charge in [-0.05, 0) is 50.9 Å². The van der Waals surface area contributed by atoms with Crippen LogP contribution in [0, 0.1) is 23.7 Å². The van der Waals surface area contributed by atoms with Crippen LogP contribution in [0.25, 0.3) is 0 Å². The number of sulfonamides is 1. The summed E-state index contributed by atoms with van der Waals surface area (Å²) in [7, 11) is -0.164. The largest absolute Gasteiger partial charge is 0.487 e. The third kappa shape index (κ3) is 5.99. The molecule has 1 N–H and O–H groups in total. The minimum Gasteiger partial charge on any atom is -0.487 e. The summed E-state index contributed by atoms with van der Waals surface area (Å²) in [5, 5.41) is 9.72. The van der Waals surface area contributed by atoms with Gasteiger partial charge in [-0.15, -0.1) is 0 Å². The topological polar surface area (TPSA) is 79.3 Å². The fourth-order valence-corrected chi connectivity index (χ4v) is 5.68. The maximum atomic E-state index is 13.4. The van der Waals surface area contributed by atoms with Crippen molar-refractivity contribution in [2.75, 3.05) is 47.0 Å². The smallest absolute Gasteiger partial charge is 0.247 e. The van der Waals surface area contributed by atoms with E-state index >= 15 is 0 Å². The molecule has 1 fully saturated rings. The Kier molecular flexibility index (Phi) is 8.00. The zero-order chi connectivity index (χ0) is 22.6. The Morgan fingerprint density at radius 3 is 2.74 bits per heavy atom. The van der Waals surface area contributed by atoms with Crippen molar-refractivity contribution in [1.29, 1.82) is 0 Å². The Labute approximate surface area is 186 Å². The van der Waals surface area contributed by atoms with Crippen LogP contribution in [0.2, 0.25) is 0 Å². The molecule has 0 aromatic heterocycles. The van der Waals surface area contributed by atoms with E-state index in [1.54, 1.807) is 32.2 Å². The van der Waals surface area contributed by atoms with E-state index in [9.17, 15) is 13.5 Å². The SMILES string of the molecule is COCC#Cc1ccc2c(c1)O[C@@H](CN(C)CC1CC1)[C@@H](C)CN([C@@H](C)CO)S2(=O)=O. The van der Waals surface area contributed by atoms with E-state index in [2.05, 4.69) is 23.8 Å². The molecule has 0 amide bonds. The van der Waals surface area contributed by atoms with Crippen LogP contribution in [0.15, 0.2) is 23.1 Å². The fourth-order valence-electron chi connectivity index (χ4n) is 3.85. The third-order valence-electron chi connectivity index (χ3n) is 5.87. The van der Waals surface area contributed by atoms with Crippen LogP contribution in [0.1, 0.15) is 32.3 Å². The Morgan fingerprint density at radius 2 is 2.10 bits per heavy atom. The first-order valence-corrected chi connectivity index (χ1v) is 12.3. The molecular formula is C23H34N2O5S. The summed E-state index contributed by atoms with van der Waals surface area (Å²) in [6.07, 6.45) is 2.36. The average Bonchev–Trinajstić information content (AvgIpc) is 3.54. The molecule has 8 heteroatoms. The number of aliphatic hydroxyl groups excluding tert-OH is 1. The molecule has 0 unspecified atom stereocenters. The molecule has 31 heavy (non-hydrogen) atoms. The zero-order valence-corrected chi connectivity index (χ0v) is 19.7. The van der Waals surface area contributed by atoms with Crippen molar-refractivity contribution in [3.63, 3.8) is 0 Å². The van der Waals surface area contributed by atoms with Crippen LogP contribution in [0.3, 0.4) is 0 Å². The average molecular weight is 451 g/mol. The molecule has 172 valence electrons.